The fourth-order valence-corrected chi connectivity index (χ4v) is 1.25. The quantitative estimate of drug-likeness (QED) is 0.711. The molecule has 0 spiro atoms. The van der Waals surface area contributed by atoms with Crippen molar-refractivity contribution in [1.29, 1.82) is 0 Å². The van der Waals surface area contributed by atoms with Crippen LogP contribution in [-0.4, -0.2) is 28.0 Å². The molecule has 5 heteroatoms. The van der Waals surface area contributed by atoms with E-state index >= 15 is 0 Å². The Balaban J connectivity index is 2.54. The van der Waals surface area contributed by atoms with E-state index in [0.29, 0.717) is 0 Å². The largest absolute Gasteiger partial charge is 0.480 e. The molecule has 0 saturated heterocycles. The van der Waals surface area contributed by atoms with Crippen molar-refractivity contribution in [2.45, 2.75) is 18.9 Å². The second kappa shape index (κ2) is 6.28. The van der Waals surface area contributed by atoms with Crippen molar-refractivity contribution in [3.8, 4) is 12.3 Å². The van der Waals surface area contributed by atoms with Crippen LogP contribution in [0.2, 0.25) is 0 Å². The molecule has 5 nitrogen and oxygen atoms in total. The number of nitrogens with one attached hydrogen (secondary N) is 1. The molecule has 1 rings (SSSR count). The zero-order chi connectivity index (χ0) is 12.7. The van der Waals surface area contributed by atoms with Crippen LogP contribution in [0.15, 0.2) is 24.5 Å². The molecule has 88 valence electrons. The van der Waals surface area contributed by atoms with Gasteiger partial charge in [0.05, 0.1) is 6.42 Å². The van der Waals surface area contributed by atoms with Crippen molar-refractivity contribution in [2.24, 2.45) is 0 Å². The van der Waals surface area contributed by atoms with Gasteiger partial charge in [0.25, 0.3) is 0 Å². The number of carboxylic acid groups (broad SMARTS) is 1. The van der Waals surface area contributed by atoms with E-state index in [9.17, 15) is 9.59 Å². The Morgan fingerprint density at radius 1 is 1.59 bits per heavy atom. The molecule has 0 fully saturated rings. The number of terminal acetylenes is 1. The van der Waals surface area contributed by atoms with Gasteiger partial charge in [-0.3, -0.25) is 9.78 Å². The predicted octanol–water partition coefficient (Wildman–Crippen LogP) is 0.217. The normalized spacial score (nSPS) is 11.2. The average molecular weight is 232 g/mol. The number of carbonyl (C=O) groups is 2. The number of aliphatic carboxylic acids is 1. The Morgan fingerprint density at radius 2 is 2.35 bits per heavy atom. The van der Waals surface area contributed by atoms with E-state index in [1.807, 2.05) is 0 Å². The number of amides is 1. The molecular formula is C12H12N2O3. The number of carboxylic acids is 1. The summed E-state index contributed by atoms with van der Waals surface area (Å²) < 4.78 is 0. The van der Waals surface area contributed by atoms with Gasteiger partial charge in [-0.25, -0.2) is 4.79 Å². The van der Waals surface area contributed by atoms with Gasteiger partial charge in [0.1, 0.15) is 6.04 Å². The summed E-state index contributed by atoms with van der Waals surface area (Å²) in [7, 11) is 0. The number of hydrogen-bond acceptors (Lipinski definition) is 3. The minimum atomic E-state index is -1.14. The van der Waals surface area contributed by atoms with Crippen LogP contribution in [0.3, 0.4) is 0 Å². The first-order valence-corrected chi connectivity index (χ1v) is 4.98. The van der Waals surface area contributed by atoms with Crippen LogP contribution in [-0.2, 0) is 16.0 Å². The first-order chi connectivity index (χ1) is 8.13. The number of hydrogen-bond donors (Lipinski definition) is 2. The maximum absolute atomic E-state index is 11.5. The molecule has 1 atom stereocenters. The maximum atomic E-state index is 11.5. The zero-order valence-corrected chi connectivity index (χ0v) is 9.09. The van der Waals surface area contributed by atoms with Crippen LogP contribution in [0.4, 0.5) is 0 Å². The molecule has 0 bridgehead atoms. The molecule has 1 aromatic heterocycles. The van der Waals surface area contributed by atoms with E-state index in [0.717, 1.165) is 5.56 Å². The molecular weight excluding hydrogens is 220 g/mol. The highest BCUT2D eigenvalue weighted by atomic mass is 16.4. The molecule has 0 saturated carbocycles. The second-order valence-electron chi connectivity index (χ2n) is 3.40. The summed E-state index contributed by atoms with van der Waals surface area (Å²) in [5, 5.41) is 11.2. The molecule has 17 heavy (non-hydrogen) atoms. The molecule has 0 aliphatic carbocycles. The summed E-state index contributed by atoms with van der Waals surface area (Å²) >= 11 is 0. The lowest BCUT2D eigenvalue weighted by molar-refractivity contribution is -0.141. The second-order valence-corrected chi connectivity index (χ2v) is 3.40. The van der Waals surface area contributed by atoms with E-state index in [1.54, 1.807) is 24.5 Å². The molecule has 1 heterocycles. The van der Waals surface area contributed by atoms with Crippen molar-refractivity contribution in [2.75, 3.05) is 0 Å². The molecule has 1 amide bonds. The summed E-state index contributed by atoms with van der Waals surface area (Å²) in [6.07, 6.45) is 8.22. The number of nitrogens with zero attached hydrogens (tertiary/aromatic N) is 1. The fraction of sp³-hybridized carbons (Fsp3) is 0.250. The first kappa shape index (κ1) is 12.7. The number of rotatable bonds is 5. The van der Waals surface area contributed by atoms with Crippen molar-refractivity contribution >= 4 is 11.9 Å². The summed E-state index contributed by atoms with van der Waals surface area (Å²) in [4.78, 5) is 26.1. The van der Waals surface area contributed by atoms with Crippen molar-refractivity contribution in [3.63, 3.8) is 0 Å². The first-order valence-electron chi connectivity index (χ1n) is 4.98. The van der Waals surface area contributed by atoms with E-state index in [1.165, 1.54) is 0 Å². The fourth-order valence-electron chi connectivity index (χ4n) is 1.25. The Kier molecular flexibility index (Phi) is 4.70. The Morgan fingerprint density at radius 3 is 2.88 bits per heavy atom. The Labute approximate surface area is 98.9 Å². The predicted molar refractivity (Wildman–Crippen MR) is 61.0 cm³/mol. The third-order valence-electron chi connectivity index (χ3n) is 2.04. The SMILES string of the molecule is C#CCC(NC(=O)Cc1cccnc1)C(=O)O. The van der Waals surface area contributed by atoms with E-state index < -0.39 is 12.0 Å². The molecule has 0 radical (unpaired) electrons. The van der Waals surface area contributed by atoms with E-state index in [2.05, 4.69) is 16.2 Å². The lowest BCUT2D eigenvalue weighted by Gasteiger charge is -2.11. The van der Waals surface area contributed by atoms with Gasteiger partial charge >= 0.3 is 5.97 Å². The molecule has 1 aromatic rings. The Bertz CT molecular complexity index is 437. The topological polar surface area (TPSA) is 79.3 Å². The highest BCUT2D eigenvalue weighted by molar-refractivity contribution is 5.84. The van der Waals surface area contributed by atoms with Gasteiger partial charge in [0, 0.05) is 18.8 Å². The van der Waals surface area contributed by atoms with Crippen molar-refractivity contribution < 1.29 is 14.7 Å². The molecule has 0 aliphatic rings. The van der Waals surface area contributed by atoms with Crippen molar-refractivity contribution in [1.82, 2.24) is 10.3 Å². The average Bonchev–Trinajstić information content (AvgIpc) is 2.29. The standard InChI is InChI=1S/C12H12N2O3/c1-2-4-10(12(16)17)14-11(15)7-9-5-3-6-13-8-9/h1,3,5-6,8,10H,4,7H2,(H,14,15)(H,16,17). The maximum Gasteiger partial charge on any atom is 0.327 e. The Hall–Kier alpha value is -2.35. The van der Waals surface area contributed by atoms with Crippen LogP contribution in [0, 0.1) is 12.3 Å². The molecule has 0 aromatic carbocycles. The summed E-state index contributed by atoms with van der Waals surface area (Å²) in [6.45, 7) is 0. The van der Waals surface area contributed by atoms with Crippen LogP contribution in [0.25, 0.3) is 0 Å². The lowest BCUT2D eigenvalue weighted by atomic mass is 10.1. The third kappa shape index (κ3) is 4.34. The molecule has 0 aliphatic heterocycles. The molecule has 2 N–H and O–H groups in total. The van der Waals surface area contributed by atoms with Gasteiger partial charge in [-0.05, 0) is 11.6 Å². The third-order valence-corrected chi connectivity index (χ3v) is 2.04. The minimum absolute atomic E-state index is 0.0336. The van der Waals surface area contributed by atoms with Crippen LogP contribution < -0.4 is 5.32 Å². The summed E-state index contributed by atoms with van der Waals surface area (Å²) in [6, 6.07) is 2.41. The van der Waals surface area contributed by atoms with Gasteiger partial charge in [0.2, 0.25) is 5.91 Å². The van der Waals surface area contributed by atoms with E-state index in [-0.39, 0.29) is 18.7 Å². The molecule has 1 unspecified atom stereocenters. The van der Waals surface area contributed by atoms with Crippen LogP contribution >= 0.6 is 0 Å². The van der Waals surface area contributed by atoms with Gasteiger partial charge in [0.15, 0.2) is 0 Å². The lowest BCUT2D eigenvalue weighted by Crippen LogP contribution is -2.41. The number of aromatic nitrogens is 1. The van der Waals surface area contributed by atoms with Crippen LogP contribution in [0.1, 0.15) is 12.0 Å². The van der Waals surface area contributed by atoms with Crippen molar-refractivity contribution in [3.05, 3.63) is 30.1 Å². The summed E-state index contributed by atoms with van der Waals surface area (Å²) in [5.41, 5.74) is 0.717. The van der Waals surface area contributed by atoms with Gasteiger partial charge in [-0.1, -0.05) is 6.07 Å². The van der Waals surface area contributed by atoms with E-state index in [4.69, 9.17) is 11.5 Å². The van der Waals surface area contributed by atoms with Gasteiger partial charge in [-0.2, -0.15) is 0 Å². The highest BCUT2D eigenvalue weighted by Gasteiger charge is 2.18. The minimum Gasteiger partial charge on any atom is -0.480 e. The summed E-state index contributed by atoms with van der Waals surface area (Å²) in [5.74, 6) is 0.686. The van der Waals surface area contributed by atoms with Crippen LogP contribution in [0.5, 0.6) is 0 Å². The highest BCUT2D eigenvalue weighted by Crippen LogP contribution is 1.98. The monoisotopic (exact) mass is 232 g/mol. The number of carbonyl (C=O) groups excluding carboxylic acids is 1. The zero-order valence-electron chi connectivity index (χ0n) is 9.09. The van der Waals surface area contributed by atoms with Gasteiger partial charge < -0.3 is 10.4 Å². The van der Waals surface area contributed by atoms with Gasteiger partial charge in [-0.15, -0.1) is 12.3 Å². The smallest absolute Gasteiger partial charge is 0.327 e. The number of pyridine rings is 1.